The van der Waals surface area contributed by atoms with Crippen LogP contribution in [0.25, 0.3) is 23.3 Å². The van der Waals surface area contributed by atoms with Crippen LogP contribution in [-0.2, 0) is 66.2 Å². The Morgan fingerprint density at radius 1 is 0.750 bits per heavy atom. The van der Waals surface area contributed by atoms with E-state index in [1.54, 1.807) is 27.4 Å². The molecule has 0 radical (unpaired) electrons. The predicted molar refractivity (Wildman–Crippen MR) is 213 cm³/mol. The van der Waals surface area contributed by atoms with Crippen LogP contribution in [0.2, 0.25) is 0 Å². The van der Waals surface area contributed by atoms with Crippen molar-refractivity contribution in [2.75, 3.05) is 0 Å². The van der Waals surface area contributed by atoms with Crippen LogP contribution in [0.5, 0.6) is 0 Å². The topological polar surface area (TPSA) is 0 Å². The zero-order valence-electron chi connectivity index (χ0n) is 32.1. The summed E-state index contributed by atoms with van der Waals surface area (Å²) >= 11 is 1.55. The fourth-order valence-electron chi connectivity index (χ4n) is 7.33. The Morgan fingerprint density at radius 2 is 1.29 bits per heavy atom. The molecule has 5 aromatic carbocycles. The van der Waals surface area contributed by atoms with Crippen LogP contribution in [0.15, 0.2) is 109 Å². The van der Waals surface area contributed by atoms with Crippen molar-refractivity contribution in [3.8, 4) is 11.1 Å². The molecule has 0 amide bonds. The van der Waals surface area contributed by atoms with Crippen molar-refractivity contribution in [1.82, 2.24) is 0 Å². The first kappa shape index (κ1) is 41.8. The molecular formula is C49H52Cl2Zr-2. The van der Waals surface area contributed by atoms with E-state index in [1.807, 2.05) is 0 Å². The molecule has 0 saturated heterocycles. The van der Waals surface area contributed by atoms with Gasteiger partial charge in [0.1, 0.15) is 0 Å². The first-order chi connectivity index (χ1) is 23.7. The summed E-state index contributed by atoms with van der Waals surface area (Å²) in [6.07, 6.45) is 14.7. The normalized spacial score (nSPS) is 14.7. The molecule has 0 unspecified atom stereocenters. The minimum atomic E-state index is 0. The van der Waals surface area contributed by atoms with Crippen LogP contribution in [0, 0.1) is 6.08 Å². The van der Waals surface area contributed by atoms with Crippen LogP contribution in [-0.4, -0.2) is 3.21 Å². The third-order valence-electron chi connectivity index (χ3n) is 10.5. The van der Waals surface area contributed by atoms with E-state index >= 15 is 0 Å². The van der Waals surface area contributed by atoms with Gasteiger partial charge >= 0.3 is 112 Å². The minimum absolute atomic E-state index is 0. The Morgan fingerprint density at radius 3 is 1.79 bits per heavy atom. The summed E-state index contributed by atoms with van der Waals surface area (Å²) in [5.74, 6) is 0. The number of benzene rings is 4. The van der Waals surface area contributed by atoms with Gasteiger partial charge in [-0.15, -0.1) is 11.6 Å². The first-order valence-electron chi connectivity index (χ1n) is 18.3. The fraction of sp³-hybridized carbons (Fsp3) is 0.306. The third-order valence-corrected chi connectivity index (χ3v) is 11.3. The zero-order chi connectivity index (χ0) is 35.7. The average molecular weight is 803 g/mol. The number of rotatable bonds is 5. The second kappa shape index (κ2) is 17.0. The molecule has 5 aromatic rings. The van der Waals surface area contributed by atoms with E-state index in [1.165, 1.54) is 66.8 Å². The molecule has 0 aliphatic heterocycles. The van der Waals surface area contributed by atoms with E-state index < -0.39 is 0 Å². The van der Waals surface area contributed by atoms with E-state index in [4.69, 9.17) is 0 Å². The van der Waals surface area contributed by atoms with Gasteiger partial charge in [-0.25, -0.2) is 12.1 Å². The monoisotopic (exact) mass is 800 g/mol. The number of fused-ring (bicyclic) bond motifs is 5. The molecule has 0 saturated carbocycles. The van der Waals surface area contributed by atoms with Gasteiger partial charge in [0, 0.05) is 5.41 Å². The maximum absolute atomic E-state index is 3.50. The van der Waals surface area contributed by atoms with Crippen molar-refractivity contribution >= 4 is 15.4 Å². The molecule has 3 heteroatoms. The van der Waals surface area contributed by atoms with Gasteiger partial charge in [0.05, 0.1) is 0 Å². The number of aryl methyl sites for hydroxylation is 1. The Balaban J connectivity index is 0.000000184. The molecule has 3 aliphatic carbocycles. The van der Waals surface area contributed by atoms with Gasteiger partial charge in [0.15, 0.2) is 0 Å². The summed E-state index contributed by atoms with van der Waals surface area (Å²) in [5.41, 5.74) is 17.8. The molecule has 0 bridgehead atoms. The molecule has 0 fully saturated rings. The Labute approximate surface area is 341 Å². The van der Waals surface area contributed by atoms with Crippen molar-refractivity contribution < 1.29 is 49.0 Å². The van der Waals surface area contributed by atoms with Crippen LogP contribution < -0.4 is 24.8 Å². The zero-order valence-corrected chi connectivity index (χ0v) is 36.1. The van der Waals surface area contributed by atoms with E-state index in [-0.39, 0.29) is 35.6 Å². The number of hydrogen-bond donors (Lipinski definition) is 0. The summed E-state index contributed by atoms with van der Waals surface area (Å²) in [6, 6.07) is 37.8. The van der Waals surface area contributed by atoms with Crippen molar-refractivity contribution in [3.05, 3.63) is 171 Å². The SMILES string of the molecule is CC1(C)[C-]=Cc2cc3c(cc21)Cc1cc2c(cc1-3)C=CC2(C)C.CCc1cc(C(C)(C)C)c[cH-]1.[Cl-].[Cl-].[Zr+2]=[C](Cc1ccccc1)Cc1ccccc1. The van der Waals surface area contributed by atoms with Gasteiger partial charge in [-0.3, -0.25) is 6.08 Å². The van der Waals surface area contributed by atoms with Gasteiger partial charge in [-0.05, 0) is 45.9 Å². The van der Waals surface area contributed by atoms with Crippen LogP contribution in [0.4, 0.5) is 0 Å². The second-order valence-corrected chi connectivity index (χ2v) is 18.1. The first-order valence-corrected chi connectivity index (χ1v) is 19.5. The summed E-state index contributed by atoms with van der Waals surface area (Å²) in [5, 5.41) is 0. The van der Waals surface area contributed by atoms with Crippen molar-refractivity contribution in [3.63, 3.8) is 0 Å². The molecule has 52 heavy (non-hydrogen) atoms. The number of halogens is 2. The molecule has 3 aliphatic rings. The quantitative estimate of drug-likeness (QED) is 0.184. The Hall–Kier alpha value is -2.96. The maximum atomic E-state index is 3.50. The van der Waals surface area contributed by atoms with E-state index in [9.17, 15) is 0 Å². The molecule has 0 N–H and O–H groups in total. The average Bonchev–Trinajstić information content (AvgIpc) is 3.85. The molecule has 0 atom stereocenters. The number of allylic oxidation sites excluding steroid dienone is 2. The van der Waals surface area contributed by atoms with E-state index in [2.05, 4.69) is 183 Å². The molecule has 8 rings (SSSR count). The van der Waals surface area contributed by atoms with E-state index in [0.717, 1.165) is 25.7 Å². The predicted octanol–water partition coefficient (Wildman–Crippen LogP) is 6.13. The molecule has 0 spiro atoms. The van der Waals surface area contributed by atoms with Gasteiger partial charge in [0.2, 0.25) is 0 Å². The summed E-state index contributed by atoms with van der Waals surface area (Å²) in [7, 11) is 0. The summed E-state index contributed by atoms with van der Waals surface area (Å²) in [6.45, 7) is 18.1. The van der Waals surface area contributed by atoms with Gasteiger partial charge in [-0.1, -0.05) is 96.9 Å². The standard InChI is InChI=1S/C23H21.C15H14.C11H17.2ClH.Zr/c1-22(2)7-5-14-10-18-16(12-20(14)22)9-17-13-21-15(11-19(17)18)6-8-23(21,3)4;1-3-8-14(9-4-1)12-7-13-15-10-5-2-6-11-15;1-5-9-6-7-10(8-9)11(2,3)4;;;/h5-7,10-13H,9H2,1-4H3;1-6,8-11H,12-13H2;6-8H,5H2,1-4H3;2*1H;/q-1;;-1;;;+2/p-2. The number of hydrogen-bond acceptors (Lipinski definition) is 0. The van der Waals surface area contributed by atoms with Gasteiger partial charge in [0.25, 0.3) is 0 Å². The summed E-state index contributed by atoms with van der Waals surface area (Å²) in [4.78, 5) is 0. The van der Waals surface area contributed by atoms with Crippen LogP contribution >= 0.6 is 0 Å². The molecule has 268 valence electrons. The van der Waals surface area contributed by atoms with E-state index in [0.29, 0.717) is 5.41 Å². The molecule has 0 aromatic heterocycles. The van der Waals surface area contributed by atoms with Gasteiger partial charge < -0.3 is 24.8 Å². The Kier molecular flexibility index (Phi) is 13.7. The van der Waals surface area contributed by atoms with Crippen LogP contribution in [0.3, 0.4) is 0 Å². The van der Waals surface area contributed by atoms with Gasteiger partial charge in [-0.2, -0.15) is 28.8 Å². The van der Waals surface area contributed by atoms with Crippen LogP contribution in [0.1, 0.15) is 111 Å². The molecule has 0 heterocycles. The van der Waals surface area contributed by atoms with Crippen molar-refractivity contribution in [2.45, 2.75) is 97.3 Å². The fourth-order valence-corrected chi connectivity index (χ4v) is 8.33. The molecule has 0 nitrogen and oxygen atoms in total. The molecular weight excluding hydrogens is 751 g/mol. The van der Waals surface area contributed by atoms with Crippen molar-refractivity contribution in [2.24, 2.45) is 0 Å². The summed E-state index contributed by atoms with van der Waals surface area (Å²) < 4.78 is 1.60. The Bertz CT molecular complexity index is 1930. The van der Waals surface area contributed by atoms with Crippen molar-refractivity contribution in [1.29, 1.82) is 0 Å². The third kappa shape index (κ3) is 9.58. The second-order valence-electron chi connectivity index (χ2n) is 16.4.